The molecule has 0 bridgehead atoms. The van der Waals surface area contributed by atoms with Crippen LogP contribution < -0.4 is 0 Å². The van der Waals surface area contributed by atoms with Gasteiger partial charge in [-0.2, -0.15) is 0 Å². The van der Waals surface area contributed by atoms with Crippen LogP contribution in [0.5, 0.6) is 0 Å². The Labute approximate surface area is 104 Å². The summed E-state index contributed by atoms with van der Waals surface area (Å²) in [4.78, 5) is 0. The van der Waals surface area contributed by atoms with Gasteiger partial charge in [0, 0.05) is 15.4 Å². The average molecular weight is 342 g/mol. The molecule has 15 heavy (non-hydrogen) atoms. The molecule has 0 aliphatic rings. The van der Waals surface area contributed by atoms with Crippen LogP contribution in [0.1, 0.15) is 18.1 Å². The van der Waals surface area contributed by atoms with Crippen molar-refractivity contribution in [1.82, 2.24) is 0 Å². The standard InChI is InChI=1S/C10H11Br2FO2/c11-4-3-9(14)10(15)7-2-1-6(12)5-8(7)13/h1-2,5,9-10,14-15H,3-4H2. The van der Waals surface area contributed by atoms with E-state index in [1.807, 2.05) is 0 Å². The number of aliphatic hydroxyl groups is 2. The molecule has 2 atom stereocenters. The number of alkyl halides is 1. The van der Waals surface area contributed by atoms with E-state index in [9.17, 15) is 14.6 Å². The van der Waals surface area contributed by atoms with Crippen LogP contribution in [0.4, 0.5) is 4.39 Å². The molecule has 0 radical (unpaired) electrons. The van der Waals surface area contributed by atoms with Gasteiger partial charge in [-0.1, -0.05) is 37.9 Å². The van der Waals surface area contributed by atoms with E-state index in [0.717, 1.165) is 0 Å². The van der Waals surface area contributed by atoms with Crippen molar-refractivity contribution >= 4 is 31.9 Å². The smallest absolute Gasteiger partial charge is 0.130 e. The third kappa shape index (κ3) is 3.52. The van der Waals surface area contributed by atoms with Gasteiger partial charge in [-0.05, 0) is 18.6 Å². The molecule has 0 saturated carbocycles. The summed E-state index contributed by atoms with van der Waals surface area (Å²) in [6.07, 6.45) is -1.77. The Bertz CT molecular complexity index is 333. The molecule has 1 aromatic rings. The van der Waals surface area contributed by atoms with Gasteiger partial charge in [-0.15, -0.1) is 0 Å². The number of rotatable bonds is 4. The first-order valence-corrected chi connectivity index (χ1v) is 6.34. The molecule has 1 rings (SSSR count). The fourth-order valence-corrected chi connectivity index (χ4v) is 2.02. The minimum Gasteiger partial charge on any atom is -0.390 e. The van der Waals surface area contributed by atoms with Crippen molar-refractivity contribution in [2.45, 2.75) is 18.6 Å². The third-order valence-corrected chi connectivity index (χ3v) is 3.00. The third-order valence-electron chi connectivity index (χ3n) is 2.05. The summed E-state index contributed by atoms with van der Waals surface area (Å²) in [6, 6.07) is 4.35. The number of halogens is 3. The van der Waals surface area contributed by atoms with Crippen LogP contribution in [-0.4, -0.2) is 21.6 Å². The van der Waals surface area contributed by atoms with Crippen molar-refractivity contribution in [1.29, 1.82) is 0 Å². The second kappa shape index (κ2) is 5.94. The van der Waals surface area contributed by atoms with Crippen molar-refractivity contribution in [2.24, 2.45) is 0 Å². The molecule has 84 valence electrons. The molecular formula is C10H11Br2FO2. The fourth-order valence-electron chi connectivity index (χ4n) is 1.22. The lowest BCUT2D eigenvalue weighted by Crippen LogP contribution is -2.19. The maximum Gasteiger partial charge on any atom is 0.130 e. The lowest BCUT2D eigenvalue weighted by atomic mass is 10.0. The van der Waals surface area contributed by atoms with E-state index in [0.29, 0.717) is 16.2 Å². The van der Waals surface area contributed by atoms with Crippen LogP contribution in [0.3, 0.4) is 0 Å². The second-order valence-corrected chi connectivity index (χ2v) is 4.86. The van der Waals surface area contributed by atoms with Crippen molar-refractivity contribution < 1.29 is 14.6 Å². The van der Waals surface area contributed by atoms with E-state index >= 15 is 0 Å². The van der Waals surface area contributed by atoms with E-state index in [1.54, 1.807) is 6.07 Å². The zero-order chi connectivity index (χ0) is 11.4. The summed E-state index contributed by atoms with van der Waals surface area (Å²) in [7, 11) is 0. The zero-order valence-corrected chi connectivity index (χ0v) is 11.0. The summed E-state index contributed by atoms with van der Waals surface area (Å²) < 4.78 is 14.0. The molecule has 0 heterocycles. The van der Waals surface area contributed by atoms with Crippen LogP contribution in [0, 0.1) is 5.82 Å². The molecule has 0 aliphatic carbocycles. The Morgan fingerprint density at radius 2 is 2.00 bits per heavy atom. The highest BCUT2D eigenvalue weighted by molar-refractivity contribution is 9.10. The van der Waals surface area contributed by atoms with Gasteiger partial charge >= 0.3 is 0 Å². The molecule has 2 nitrogen and oxygen atoms in total. The van der Waals surface area contributed by atoms with E-state index in [4.69, 9.17) is 0 Å². The number of hydrogen-bond acceptors (Lipinski definition) is 2. The monoisotopic (exact) mass is 340 g/mol. The Morgan fingerprint density at radius 1 is 1.33 bits per heavy atom. The lowest BCUT2D eigenvalue weighted by Gasteiger charge is -2.17. The van der Waals surface area contributed by atoms with Gasteiger partial charge in [0.1, 0.15) is 11.9 Å². The summed E-state index contributed by atoms with van der Waals surface area (Å²) in [5.41, 5.74) is 0.117. The molecule has 2 unspecified atom stereocenters. The predicted molar refractivity (Wildman–Crippen MR) is 63.5 cm³/mol. The highest BCUT2D eigenvalue weighted by Crippen LogP contribution is 2.24. The highest BCUT2D eigenvalue weighted by atomic mass is 79.9. The van der Waals surface area contributed by atoms with Crippen LogP contribution in [-0.2, 0) is 0 Å². The Kier molecular flexibility index (Phi) is 5.18. The van der Waals surface area contributed by atoms with Crippen LogP contribution in [0.25, 0.3) is 0 Å². The van der Waals surface area contributed by atoms with E-state index < -0.39 is 18.0 Å². The van der Waals surface area contributed by atoms with Gasteiger partial charge in [0.15, 0.2) is 0 Å². The van der Waals surface area contributed by atoms with Crippen LogP contribution in [0.2, 0.25) is 0 Å². The van der Waals surface area contributed by atoms with Gasteiger partial charge < -0.3 is 10.2 Å². The van der Waals surface area contributed by atoms with Gasteiger partial charge in [0.05, 0.1) is 6.10 Å². The highest BCUT2D eigenvalue weighted by Gasteiger charge is 2.20. The minimum absolute atomic E-state index is 0.117. The van der Waals surface area contributed by atoms with E-state index in [-0.39, 0.29) is 5.56 Å². The summed E-state index contributed by atoms with van der Waals surface area (Å²) in [6.45, 7) is 0. The first-order chi connectivity index (χ1) is 7.06. The molecule has 0 fully saturated rings. The second-order valence-electron chi connectivity index (χ2n) is 3.16. The Morgan fingerprint density at radius 3 is 2.53 bits per heavy atom. The number of benzene rings is 1. The number of hydrogen-bond donors (Lipinski definition) is 2. The summed E-state index contributed by atoms with van der Waals surface area (Å²) >= 11 is 6.27. The molecule has 0 spiro atoms. The molecule has 0 aliphatic heterocycles. The Hall–Kier alpha value is 0.0300. The van der Waals surface area contributed by atoms with Crippen LogP contribution >= 0.6 is 31.9 Å². The van der Waals surface area contributed by atoms with Crippen molar-refractivity contribution in [3.05, 3.63) is 34.1 Å². The maximum absolute atomic E-state index is 13.4. The van der Waals surface area contributed by atoms with Crippen molar-refractivity contribution in [2.75, 3.05) is 5.33 Å². The molecule has 1 aromatic carbocycles. The van der Waals surface area contributed by atoms with Crippen molar-refractivity contribution in [3.63, 3.8) is 0 Å². The fraction of sp³-hybridized carbons (Fsp3) is 0.400. The Balaban J connectivity index is 2.86. The first-order valence-electron chi connectivity index (χ1n) is 4.43. The quantitative estimate of drug-likeness (QED) is 0.827. The molecule has 0 aromatic heterocycles. The molecule has 0 amide bonds. The molecule has 0 saturated heterocycles. The van der Waals surface area contributed by atoms with E-state index in [2.05, 4.69) is 31.9 Å². The minimum atomic E-state index is -1.18. The van der Waals surface area contributed by atoms with Crippen LogP contribution in [0.15, 0.2) is 22.7 Å². The van der Waals surface area contributed by atoms with E-state index in [1.165, 1.54) is 12.1 Å². The largest absolute Gasteiger partial charge is 0.390 e. The van der Waals surface area contributed by atoms with Crippen molar-refractivity contribution in [3.8, 4) is 0 Å². The van der Waals surface area contributed by atoms with Gasteiger partial charge in [0.2, 0.25) is 0 Å². The predicted octanol–water partition coefficient (Wildman–Crippen LogP) is 2.77. The van der Waals surface area contributed by atoms with Gasteiger partial charge in [0.25, 0.3) is 0 Å². The normalized spacial score (nSPS) is 15.0. The van der Waals surface area contributed by atoms with Gasteiger partial charge in [-0.25, -0.2) is 4.39 Å². The summed E-state index contributed by atoms with van der Waals surface area (Å²) in [5.74, 6) is -0.523. The molecule has 2 N–H and O–H groups in total. The topological polar surface area (TPSA) is 40.5 Å². The lowest BCUT2D eigenvalue weighted by molar-refractivity contribution is 0.0153. The molecular weight excluding hydrogens is 331 g/mol. The molecule has 5 heteroatoms. The van der Waals surface area contributed by atoms with Gasteiger partial charge in [-0.3, -0.25) is 0 Å². The zero-order valence-electron chi connectivity index (χ0n) is 7.83. The average Bonchev–Trinajstić information content (AvgIpc) is 2.17. The number of aliphatic hydroxyl groups excluding tert-OH is 2. The summed E-state index contributed by atoms with van der Waals surface area (Å²) in [5, 5.41) is 19.7. The maximum atomic E-state index is 13.4. The SMILES string of the molecule is OC(CCBr)C(O)c1ccc(Br)cc1F. The first kappa shape index (κ1) is 13.1.